The lowest BCUT2D eigenvalue weighted by atomic mass is 9.67. The highest BCUT2D eigenvalue weighted by molar-refractivity contribution is 7.59. The summed E-state index contributed by atoms with van der Waals surface area (Å²) in [6.07, 6.45) is 14.0. The molecule has 0 bridgehead atoms. The third kappa shape index (κ3) is 4.85. The molecule has 2 aliphatic carbocycles. The van der Waals surface area contributed by atoms with E-state index in [4.69, 9.17) is 20.9 Å². The normalized spacial score (nSPS) is 34.0. The van der Waals surface area contributed by atoms with E-state index >= 15 is 0 Å². The minimum absolute atomic E-state index is 0. The molecule has 4 aliphatic heterocycles. The summed E-state index contributed by atoms with van der Waals surface area (Å²) in [7, 11) is 4.40. The maximum atomic E-state index is 6.33. The molecule has 0 radical (unpaired) electrons. The monoisotopic (exact) mass is 594 g/mol. The van der Waals surface area contributed by atoms with E-state index < -0.39 is 0 Å². The number of hydrogen-bond acceptors (Lipinski definition) is 6. The van der Waals surface area contributed by atoms with Crippen LogP contribution in [0.15, 0.2) is 60.7 Å². The van der Waals surface area contributed by atoms with E-state index in [1.807, 2.05) is 0 Å². The molecule has 4 unspecified atom stereocenters. The van der Waals surface area contributed by atoms with Gasteiger partial charge in [-0.05, 0) is 88.6 Å². The van der Waals surface area contributed by atoms with Crippen molar-refractivity contribution < 1.29 is 9.47 Å². The lowest BCUT2D eigenvalue weighted by Gasteiger charge is -2.37. The second-order valence-corrected chi connectivity index (χ2v) is 12.7. The highest BCUT2D eigenvalue weighted by Gasteiger charge is 2.53. The average Bonchev–Trinajstić information content (AvgIpc) is 3.35. The Morgan fingerprint density at radius 3 is 2.12 bits per heavy atom. The van der Waals surface area contributed by atoms with Crippen LogP contribution >= 0.6 is 27.0 Å². The van der Waals surface area contributed by atoms with Gasteiger partial charge in [-0.1, -0.05) is 48.6 Å². The Labute approximate surface area is 259 Å². The average molecular weight is 595 g/mol. The summed E-state index contributed by atoms with van der Waals surface area (Å²) in [5, 5.41) is 0. The van der Waals surface area contributed by atoms with Crippen molar-refractivity contribution in [3.05, 3.63) is 83.0 Å². The zero-order chi connectivity index (χ0) is 26.8. The van der Waals surface area contributed by atoms with Crippen LogP contribution in [-0.4, -0.2) is 61.8 Å². The van der Waals surface area contributed by atoms with Crippen molar-refractivity contribution >= 4 is 27.0 Å². The highest BCUT2D eigenvalue weighted by atomic mass is 32.1. The topological polar surface area (TPSA) is 77.0 Å². The van der Waals surface area contributed by atoms with E-state index in [-0.39, 0.29) is 56.1 Å². The maximum absolute atomic E-state index is 6.33. The fourth-order valence-electron chi connectivity index (χ4n) is 8.18. The van der Waals surface area contributed by atoms with Crippen molar-refractivity contribution in [2.24, 2.45) is 17.4 Å². The van der Waals surface area contributed by atoms with E-state index in [9.17, 15) is 0 Å². The largest absolute Gasteiger partial charge is 0.489 e. The molecule has 0 fully saturated rings. The minimum atomic E-state index is 0. The van der Waals surface area contributed by atoms with Crippen LogP contribution in [0.4, 0.5) is 0 Å². The molecule has 0 amide bonds. The predicted molar refractivity (Wildman–Crippen MR) is 176 cm³/mol. The molecule has 4 heterocycles. The van der Waals surface area contributed by atoms with Crippen LogP contribution < -0.4 is 20.9 Å². The standard InChI is InChI=1S/C17H22N2O.C16H20N2O.2H2S/c1-19-8-7-17-6-5-12(10-18)9-15(17)20-14-4-2-3-13(11-19)16(14)17;1-18-9-8-16-7-3-5-12(17)15(16)19-13-6-2-4-11(10-18)14(13)16;;/h2-6,12,15H,7-11,18H2,1H3;2-4,6-7,12,15H,5,8-10,17H2,1H3;2*1H2/t12?,15?,17-;12?,15?,16-;;/m01../s1. The second kappa shape index (κ2) is 11.6. The molecule has 8 heteroatoms. The van der Waals surface area contributed by atoms with Crippen LogP contribution in [0.5, 0.6) is 11.5 Å². The lowest BCUT2D eigenvalue weighted by molar-refractivity contribution is 0.124. The smallest absolute Gasteiger partial charge is 0.127 e. The maximum Gasteiger partial charge on any atom is 0.127 e. The zero-order valence-corrected chi connectivity index (χ0v) is 26.3. The molecule has 41 heavy (non-hydrogen) atoms. The van der Waals surface area contributed by atoms with Gasteiger partial charge in [-0.15, -0.1) is 0 Å². The first kappa shape index (κ1) is 30.5. The molecule has 0 saturated heterocycles. The molecule has 8 rings (SSSR count). The van der Waals surface area contributed by atoms with Crippen LogP contribution in [0.2, 0.25) is 0 Å². The van der Waals surface area contributed by atoms with Gasteiger partial charge in [-0.25, -0.2) is 0 Å². The van der Waals surface area contributed by atoms with Crippen molar-refractivity contribution in [1.82, 2.24) is 9.80 Å². The first-order valence-electron chi connectivity index (χ1n) is 14.7. The molecule has 6 atom stereocenters. The van der Waals surface area contributed by atoms with Gasteiger partial charge in [0.05, 0.1) is 10.8 Å². The summed E-state index contributed by atoms with van der Waals surface area (Å²) in [4.78, 5) is 4.82. The van der Waals surface area contributed by atoms with E-state index in [0.717, 1.165) is 69.9 Å². The quantitative estimate of drug-likeness (QED) is 0.485. The summed E-state index contributed by atoms with van der Waals surface area (Å²) in [5.74, 6) is 2.62. The summed E-state index contributed by atoms with van der Waals surface area (Å²) in [5.41, 5.74) is 18.0. The first-order valence-corrected chi connectivity index (χ1v) is 14.7. The number of nitrogens with zero attached hydrogens (tertiary/aromatic N) is 2. The Hall–Kier alpha value is -1.94. The number of ether oxygens (including phenoxy) is 2. The minimum Gasteiger partial charge on any atom is -0.489 e. The molecular weight excluding hydrogens is 549 g/mol. The van der Waals surface area contributed by atoms with Crippen LogP contribution in [0.1, 0.15) is 47.9 Å². The van der Waals surface area contributed by atoms with Crippen LogP contribution in [0, 0.1) is 5.92 Å². The van der Waals surface area contributed by atoms with E-state index in [0.29, 0.717) is 5.92 Å². The van der Waals surface area contributed by atoms with E-state index in [2.05, 4.69) is 84.6 Å². The molecule has 0 saturated carbocycles. The lowest BCUT2D eigenvalue weighted by Crippen LogP contribution is -2.51. The number of hydrogen-bond donors (Lipinski definition) is 2. The molecule has 2 aromatic carbocycles. The van der Waals surface area contributed by atoms with Crippen molar-refractivity contribution in [1.29, 1.82) is 0 Å². The SMILES string of the molecule is CN1CC[C@@]23C=CC(CN)CC2Oc2cccc(c23)C1.CN1CC[C@@]23C=CCC(N)C2Oc2cccc(c23)C1.S.S. The van der Waals surface area contributed by atoms with Crippen molar-refractivity contribution in [2.75, 3.05) is 33.7 Å². The van der Waals surface area contributed by atoms with Gasteiger partial charge in [0, 0.05) is 30.3 Å². The summed E-state index contributed by atoms with van der Waals surface area (Å²) in [6, 6.07) is 13.1. The van der Waals surface area contributed by atoms with Gasteiger partial charge in [0.25, 0.3) is 0 Å². The molecule has 6 aliphatic rings. The van der Waals surface area contributed by atoms with Gasteiger partial charge >= 0.3 is 0 Å². The van der Waals surface area contributed by atoms with Crippen LogP contribution in [0.3, 0.4) is 0 Å². The molecule has 4 N–H and O–H groups in total. The zero-order valence-electron chi connectivity index (χ0n) is 24.3. The Balaban J connectivity index is 0.000000157. The van der Waals surface area contributed by atoms with Gasteiger partial charge in [0.2, 0.25) is 0 Å². The van der Waals surface area contributed by atoms with Gasteiger partial charge in [-0.2, -0.15) is 27.0 Å². The molecule has 222 valence electrons. The van der Waals surface area contributed by atoms with Crippen LogP contribution in [0.25, 0.3) is 0 Å². The van der Waals surface area contributed by atoms with Gasteiger partial charge in [-0.3, -0.25) is 0 Å². The molecular formula is C33H46N4O2S2. The Bertz CT molecular complexity index is 1330. The summed E-state index contributed by atoms with van der Waals surface area (Å²) >= 11 is 0. The van der Waals surface area contributed by atoms with E-state index in [1.165, 1.54) is 22.3 Å². The number of rotatable bonds is 1. The van der Waals surface area contributed by atoms with E-state index in [1.54, 1.807) is 0 Å². The first-order chi connectivity index (χ1) is 18.9. The number of nitrogens with two attached hydrogens (primary N) is 2. The van der Waals surface area contributed by atoms with Crippen molar-refractivity contribution in [3.8, 4) is 11.5 Å². The van der Waals surface area contributed by atoms with Crippen molar-refractivity contribution in [3.63, 3.8) is 0 Å². The molecule has 2 spiro atoms. The molecule has 6 nitrogen and oxygen atoms in total. The Kier molecular flexibility index (Phi) is 8.65. The Morgan fingerprint density at radius 2 is 1.46 bits per heavy atom. The predicted octanol–water partition coefficient (Wildman–Crippen LogP) is 4.09. The summed E-state index contributed by atoms with van der Waals surface area (Å²) < 4.78 is 12.6. The Morgan fingerprint density at radius 1 is 0.854 bits per heavy atom. The van der Waals surface area contributed by atoms with Crippen molar-refractivity contribution in [2.45, 2.75) is 67.9 Å². The summed E-state index contributed by atoms with van der Waals surface area (Å²) in [6.45, 7) is 4.95. The highest BCUT2D eigenvalue weighted by Crippen LogP contribution is 2.54. The second-order valence-electron chi connectivity index (χ2n) is 12.7. The fraction of sp³-hybridized carbons (Fsp3) is 0.515. The van der Waals surface area contributed by atoms with Gasteiger partial charge < -0.3 is 30.7 Å². The molecule has 2 aromatic rings. The van der Waals surface area contributed by atoms with Gasteiger partial charge in [0.1, 0.15) is 23.7 Å². The van der Waals surface area contributed by atoms with Gasteiger partial charge in [0.15, 0.2) is 0 Å². The number of benzene rings is 2. The fourth-order valence-corrected chi connectivity index (χ4v) is 8.18. The molecule has 0 aromatic heterocycles. The third-order valence-corrected chi connectivity index (χ3v) is 10.2. The third-order valence-electron chi connectivity index (χ3n) is 10.2. The van der Waals surface area contributed by atoms with Crippen LogP contribution in [-0.2, 0) is 23.9 Å².